The average Bonchev–Trinajstić information content (AvgIpc) is 2.62. The van der Waals surface area contributed by atoms with Crippen molar-refractivity contribution in [2.75, 3.05) is 13.1 Å². The number of carbonyl (C=O) groups is 1. The minimum absolute atomic E-state index is 0.00387. The van der Waals surface area contributed by atoms with Crippen LogP contribution >= 0.6 is 0 Å². The Hall–Kier alpha value is -2.88. The van der Waals surface area contributed by atoms with E-state index >= 15 is 0 Å². The van der Waals surface area contributed by atoms with Gasteiger partial charge in [0.25, 0.3) is 0 Å². The van der Waals surface area contributed by atoms with Gasteiger partial charge in [-0.2, -0.15) is 0 Å². The maximum atomic E-state index is 12.8. The lowest BCUT2D eigenvalue weighted by atomic mass is 10.1. The fourth-order valence-electron chi connectivity index (χ4n) is 3.18. The summed E-state index contributed by atoms with van der Waals surface area (Å²) in [6.07, 6.45) is 0. The van der Waals surface area contributed by atoms with E-state index in [0.717, 1.165) is 16.6 Å². The first kappa shape index (κ1) is 17.0. The lowest BCUT2D eigenvalue weighted by molar-refractivity contribution is -0.131. The van der Waals surface area contributed by atoms with Gasteiger partial charge < -0.3 is 9.47 Å². The van der Waals surface area contributed by atoms with Crippen LogP contribution in [0.2, 0.25) is 0 Å². The molecule has 0 N–H and O–H groups in total. The topological polar surface area (TPSA) is 42.3 Å². The molecule has 2 aromatic carbocycles. The van der Waals surface area contributed by atoms with Gasteiger partial charge in [-0.25, -0.2) is 0 Å². The Morgan fingerprint density at radius 3 is 2.04 bits per heavy atom. The lowest BCUT2D eigenvalue weighted by Gasteiger charge is -2.23. The summed E-state index contributed by atoms with van der Waals surface area (Å²) >= 11 is 0. The highest BCUT2D eigenvalue weighted by Gasteiger charge is 2.16. The van der Waals surface area contributed by atoms with E-state index in [0.29, 0.717) is 23.9 Å². The molecule has 0 saturated heterocycles. The molecule has 1 aromatic heterocycles. The van der Waals surface area contributed by atoms with Crippen molar-refractivity contribution in [2.24, 2.45) is 0 Å². The summed E-state index contributed by atoms with van der Waals surface area (Å²) in [7, 11) is 0. The number of rotatable bonds is 5. The largest absolute Gasteiger partial charge is 0.337 e. The number of benzene rings is 2. The maximum Gasteiger partial charge on any atom is 0.242 e. The van der Waals surface area contributed by atoms with Crippen molar-refractivity contribution < 1.29 is 4.79 Å². The number of pyridine rings is 1. The SMILES string of the molecule is C=C(C)CN(CC)C(=O)Cn1c2ccccc2c(=O)c2ccccc21. The molecule has 0 saturated carbocycles. The number of hydrogen-bond donors (Lipinski definition) is 0. The Kier molecular flexibility index (Phi) is 4.70. The smallest absolute Gasteiger partial charge is 0.242 e. The average molecular weight is 334 g/mol. The van der Waals surface area contributed by atoms with Crippen molar-refractivity contribution in [1.82, 2.24) is 9.47 Å². The molecule has 4 heteroatoms. The highest BCUT2D eigenvalue weighted by Crippen LogP contribution is 2.19. The van der Waals surface area contributed by atoms with Crippen molar-refractivity contribution in [1.29, 1.82) is 0 Å². The Balaban J connectivity index is 2.17. The molecule has 4 nitrogen and oxygen atoms in total. The van der Waals surface area contributed by atoms with Crippen molar-refractivity contribution in [2.45, 2.75) is 20.4 Å². The van der Waals surface area contributed by atoms with Gasteiger partial charge in [0.1, 0.15) is 6.54 Å². The third-order valence-electron chi connectivity index (χ3n) is 4.37. The maximum absolute atomic E-state index is 12.8. The van der Waals surface area contributed by atoms with Gasteiger partial charge in [-0.05, 0) is 38.1 Å². The summed E-state index contributed by atoms with van der Waals surface area (Å²) in [5.74, 6) is 0.0180. The number of amides is 1. The molecule has 3 rings (SSSR count). The van der Waals surface area contributed by atoms with E-state index in [1.54, 1.807) is 4.90 Å². The zero-order chi connectivity index (χ0) is 18.0. The molecule has 0 unspecified atom stereocenters. The van der Waals surface area contributed by atoms with Crippen molar-refractivity contribution in [3.8, 4) is 0 Å². The van der Waals surface area contributed by atoms with Crippen molar-refractivity contribution in [3.63, 3.8) is 0 Å². The van der Waals surface area contributed by atoms with Crippen LogP contribution in [0.25, 0.3) is 21.8 Å². The molecular formula is C21H22N2O2. The third kappa shape index (κ3) is 3.20. The number of para-hydroxylation sites is 2. The number of likely N-dealkylation sites (N-methyl/N-ethyl adjacent to an activating group) is 1. The first-order chi connectivity index (χ1) is 12.0. The van der Waals surface area contributed by atoms with Crippen molar-refractivity contribution in [3.05, 3.63) is 70.9 Å². The monoisotopic (exact) mass is 334 g/mol. The quantitative estimate of drug-likeness (QED) is 0.529. The Labute approximate surface area is 147 Å². The molecule has 0 radical (unpaired) electrons. The standard InChI is InChI=1S/C21H22N2O2/c1-4-22(13-15(2)3)20(24)14-23-18-11-7-5-9-16(18)21(25)17-10-6-8-12-19(17)23/h5-12H,2,4,13-14H2,1,3H3. The molecule has 25 heavy (non-hydrogen) atoms. The van der Waals surface area contributed by atoms with Crippen LogP contribution < -0.4 is 5.43 Å². The van der Waals surface area contributed by atoms with Crippen LogP contribution in [-0.2, 0) is 11.3 Å². The van der Waals surface area contributed by atoms with Crippen LogP contribution in [0.4, 0.5) is 0 Å². The van der Waals surface area contributed by atoms with Gasteiger partial charge >= 0.3 is 0 Å². The van der Waals surface area contributed by atoms with Gasteiger partial charge in [-0.1, -0.05) is 36.4 Å². The molecule has 0 fully saturated rings. The van der Waals surface area contributed by atoms with Gasteiger partial charge in [-0.3, -0.25) is 9.59 Å². The third-order valence-corrected chi connectivity index (χ3v) is 4.37. The van der Waals surface area contributed by atoms with E-state index in [1.807, 2.05) is 66.9 Å². The molecule has 3 aromatic rings. The Bertz CT molecular complexity index is 957. The van der Waals surface area contributed by atoms with Crippen LogP contribution in [0, 0.1) is 0 Å². The number of nitrogens with zero attached hydrogens (tertiary/aromatic N) is 2. The zero-order valence-electron chi connectivity index (χ0n) is 14.7. The second-order valence-electron chi connectivity index (χ2n) is 6.31. The van der Waals surface area contributed by atoms with E-state index < -0.39 is 0 Å². The summed E-state index contributed by atoms with van der Waals surface area (Å²) in [6.45, 7) is 9.15. The fourth-order valence-corrected chi connectivity index (χ4v) is 3.18. The molecule has 0 atom stereocenters. The first-order valence-electron chi connectivity index (χ1n) is 8.45. The molecule has 0 aliphatic carbocycles. The van der Waals surface area contributed by atoms with E-state index in [4.69, 9.17) is 0 Å². The van der Waals surface area contributed by atoms with Gasteiger partial charge in [0.05, 0.1) is 11.0 Å². The molecule has 1 amide bonds. The predicted octanol–water partition coefficient (Wildman–Crippen LogP) is 3.58. The fraction of sp³-hybridized carbons (Fsp3) is 0.238. The van der Waals surface area contributed by atoms with Gasteiger partial charge in [-0.15, -0.1) is 0 Å². The van der Waals surface area contributed by atoms with E-state index in [2.05, 4.69) is 6.58 Å². The number of carbonyl (C=O) groups excluding carboxylic acids is 1. The summed E-state index contributed by atoms with van der Waals surface area (Å²) in [6, 6.07) is 14.9. The molecule has 0 aliphatic heterocycles. The minimum Gasteiger partial charge on any atom is -0.337 e. The molecular weight excluding hydrogens is 312 g/mol. The second-order valence-corrected chi connectivity index (χ2v) is 6.31. The van der Waals surface area contributed by atoms with E-state index in [-0.39, 0.29) is 17.9 Å². The second kappa shape index (κ2) is 6.93. The molecule has 1 heterocycles. The predicted molar refractivity (Wildman–Crippen MR) is 103 cm³/mol. The molecule has 0 spiro atoms. The van der Waals surface area contributed by atoms with Gasteiger partial charge in [0.2, 0.25) is 5.91 Å². The van der Waals surface area contributed by atoms with Crippen molar-refractivity contribution >= 4 is 27.7 Å². The lowest BCUT2D eigenvalue weighted by Crippen LogP contribution is -2.35. The number of fused-ring (bicyclic) bond motifs is 2. The molecule has 0 aliphatic rings. The van der Waals surface area contributed by atoms with Crippen LogP contribution in [-0.4, -0.2) is 28.5 Å². The Morgan fingerprint density at radius 2 is 1.56 bits per heavy atom. The van der Waals surface area contributed by atoms with E-state index in [9.17, 15) is 9.59 Å². The first-order valence-corrected chi connectivity index (χ1v) is 8.45. The highest BCUT2D eigenvalue weighted by atomic mass is 16.2. The normalized spacial score (nSPS) is 11.0. The number of aromatic nitrogens is 1. The van der Waals surface area contributed by atoms with E-state index in [1.165, 1.54) is 0 Å². The van der Waals surface area contributed by atoms with Crippen LogP contribution in [0.3, 0.4) is 0 Å². The molecule has 0 bridgehead atoms. The summed E-state index contributed by atoms with van der Waals surface area (Å²) in [5.41, 5.74) is 2.52. The minimum atomic E-state index is 0.00387. The molecule has 128 valence electrons. The van der Waals surface area contributed by atoms with Crippen LogP contribution in [0.5, 0.6) is 0 Å². The van der Waals surface area contributed by atoms with Gasteiger partial charge in [0.15, 0.2) is 5.43 Å². The van der Waals surface area contributed by atoms with Crippen LogP contribution in [0.1, 0.15) is 13.8 Å². The summed E-state index contributed by atoms with van der Waals surface area (Å²) in [4.78, 5) is 27.4. The summed E-state index contributed by atoms with van der Waals surface area (Å²) in [5, 5.41) is 1.27. The zero-order valence-corrected chi connectivity index (χ0v) is 14.7. The Morgan fingerprint density at radius 1 is 1.04 bits per heavy atom. The summed E-state index contributed by atoms with van der Waals surface area (Å²) < 4.78 is 1.94. The van der Waals surface area contributed by atoms with Crippen LogP contribution in [0.15, 0.2) is 65.5 Å². The van der Waals surface area contributed by atoms with Gasteiger partial charge in [0, 0.05) is 23.9 Å². The number of hydrogen-bond acceptors (Lipinski definition) is 2. The highest BCUT2D eigenvalue weighted by molar-refractivity contribution is 5.94.